The number of benzene rings is 2. The van der Waals surface area contributed by atoms with Gasteiger partial charge in [0.05, 0.1) is 25.4 Å². The number of piperidine rings is 1. The van der Waals surface area contributed by atoms with Gasteiger partial charge in [-0.1, -0.05) is 12.1 Å². The molecule has 9 nitrogen and oxygen atoms in total. The van der Waals surface area contributed by atoms with Gasteiger partial charge in [0.15, 0.2) is 5.82 Å². The Morgan fingerprint density at radius 1 is 1.00 bits per heavy atom. The summed E-state index contributed by atoms with van der Waals surface area (Å²) in [6.45, 7) is 1.66. The third-order valence-corrected chi connectivity index (χ3v) is 9.86. The molecule has 2 aliphatic carbocycles. The van der Waals surface area contributed by atoms with Crippen LogP contribution in [0.1, 0.15) is 36.0 Å². The molecule has 3 aromatic heterocycles. The SMILES string of the molecule is COc1cc(-c2ccc3cc(-c4nc5cc(C(=O)N6C[C@H]7CC[C@@H]6[C@@H]7N)cc(OC)c5n4C)n(CC4CC4)c3c2)ccn1. The Morgan fingerprint density at radius 2 is 1.84 bits per heavy atom. The summed E-state index contributed by atoms with van der Waals surface area (Å²) in [7, 11) is 5.32. The average molecular weight is 577 g/mol. The number of hydrogen-bond donors (Lipinski definition) is 1. The standard InChI is InChI=1S/C34H36N6O3/c1-38-32-25(12-24(15-29(32)42-2)34(41)40-18-23-8-9-26(40)31(23)35)37-33(38)28-14-22-7-6-20(21-10-11-36-30(16-21)43-3)13-27(22)39(28)17-19-4-5-19/h6-7,10-16,19,23,26,31H,4-5,8-9,17-18,35H2,1-3H3/t23-,26-,31-/m1/s1. The molecule has 5 aromatic rings. The second kappa shape index (κ2) is 9.84. The molecule has 2 bridgehead atoms. The van der Waals surface area contributed by atoms with Gasteiger partial charge < -0.3 is 29.2 Å². The Morgan fingerprint density at radius 3 is 2.56 bits per heavy atom. The summed E-state index contributed by atoms with van der Waals surface area (Å²) in [5.74, 6) is 3.17. The van der Waals surface area contributed by atoms with E-state index in [1.807, 2.05) is 36.2 Å². The van der Waals surface area contributed by atoms with Crippen molar-refractivity contribution in [1.82, 2.24) is 24.0 Å². The summed E-state index contributed by atoms with van der Waals surface area (Å²) >= 11 is 0. The normalized spacial score (nSPS) is 21.3. The minimum Gasteiger partial charge on any atom is -0.494 e. The van der Waals surface area contributed by atoms with Gasteiger partial charge in [0.1, 0.15) is 11.3 Å². The van der Waals surface area contributed by atoms with Gasteiger partial charge in [-0.2, -0.15) is 0 Å². The number of hydrogen-bond acceptors (Lipinski definition) is 6. The number of likely N-dealkylation sites (tertiary alicyclic amines) is 1. The van der Waals surface area contributed by atoms with Gasteiger partial charge in [-0.15, -0.1) is 0 Å². The molecule has 3 aliphatic rings. The van der Waals surface area contributed by atoms with E-state index in [2.05, 4.69) is 38.4 Å². The van der Waals surface area contributed by atoms with Crippen molar-refractivity contribution >= 4 is 27.8 Å². The molecular weight excluding hydrogens is 540 g/mol. The first-order valence-corrected chi connectivity index (χ1v) is 15.2. The van der Waals surface area contributed by atoms with Crippen molar-refractivity contribution in [2.75, 3.05) is 20.8 Å². The molecule has 3 atom stereocenters. The summed E-state index contributed by atoms with van der Waals surface area (Å²) in [6, 6.07) is 16.8. The van der Waals surface area contributed by atoms with Crippen molar-refractivity contribution in [3.05, 3.63) is 60.3 Å². The van der Waals surface area contributed by atoms with E-state index in [0.29, 0.717) is 29.0 Å². The lowest BCUT2D eigenvalue weighted by Gasteiger charge is -2.27. The van der Waals surface area contributed by atoms with Crippen LogP contribution >= 0.6 is 0 Å². The van der Waals surface area contributed by atoms with Crippen LogP contribution in [0.15, 0.2) is 54.7 Å². The maximum absolute atomic E-state index is 13.7. The van der Waals surface area contributed by atoms with Crippen LogP contribution in [0.5, 0.6) is 11.6 Å². The van der Waals surface area contributed by atoms with E-state index in [4.69, 9.17) is 20.2 Å². The molecule has 2 saturated carbocycles. The lowest BCUT2D eigenvalue weighted by molar-refractivity contribution is 0.0700. The van der Waals surface area contributed by atoms with Crippen LogP contribution in [0.4, 0.5) is 0 Å². The minimum atomic E-state index is 0.0122. The number of imidazole rings is 1. The van der Waals surface area contributed by atoms with E-state index in [1.165, 1.54) is 18.4 Å². The molecule has 43 heavy (non-hydrogen) atoms. The summed E-state index contributed by atoms with van der Waals surface area (Å²) in [5, 5.41) is 1.16. The summed E-state index contributed by atoms with van der Waals surface area (Å²) in [6.07, 6.45) is 6.34. The number of nitrogens with zero attached hydrogens (tertiary/aromatic N) is 5. The lowest BCUT2D eigenvalue weighted by atomic mass is 10.1. The second-order valence-corrected chi connectivity index (χ2v) is 12.4. The first-order valence-electron chi connectivity index (χ1n) is 15.2. The number of ether oxygens (including phenoxy) is 2. The molecule has 2 N–H and O–H groups in total. The number of rotatable bonds is 7. The molecule has 4 heterocycles. The van der Waals surface area contributed by atoms with Crippen LogP contribution in [0, 0.1) is 11.8 Å². The zero-order valence-corrected chi connectivity index (χ0v) is 24.8. The number of amides is 1. The average Bonchev–Trinajstić information content (AvgIpc) is 3.44. The fourth-order valence-electron chi connectivity index (χ4n) is 7.34. The number of carbonyl (C=O) groups is 1. The zero-order chi connectivity index (χ0) is 29.4. The fraction of sp³-hybridized carbons (Fsp3) is 0.382. The molecule has 0 unspecified atom stereocenters. The Balaban J connectivity index is 1.24. The van der Waals surface area contributed by atoms with Crippen molar-refractivity contribution in [3.8, 4) is 34.3 Å². The molecule has 1 amide bonds. The van der Waals surface area contributed by atoms with Crippen molar-refractivity contribution in [2.24, 2.45) is 24.6 Å². The monoisotopic (exact) mass is 576 g/mol. The molecule has 9 heteroatoms. The molecule has 1 aliphatic heterocycles. The Labute approximate surface area is 250 Å². The summed E-state index contributed by atoms with van der Waals surface area (Å²) in [5.41, 5.74) is 13.1. The number of pyridine rings is 1. The van der Waals surface area contributed by atoms with E-state index in [0.717, 1.165) is 65.0 Å². The van der Waals surface area contributed by atoms with Crippen molar-refractivity contribution < 1.29 is 14.3 Å². The molecule has 1 saturated heterocycles. The first kappa shape index (κ1) is 26.3. The van der Waals surface area contributed by atoms with E-state index in [-0.39, 0.29) is 18.0 Å². The molecule has 0 spiro atoms. The number of fused-ring (bicyclic) bond motifs is 4. The third-order valence-electron chi connectivity index (χ3n) is 9.86. The predicted octanol–water partition coefficient (Wildman–Crippen LogP) is 5.25. The van der Waals surface area contributed by atoms with Crippen LogP contribution in [0.25, 0.3) is 44.6 Å². The number of aryl methyl sites for hydroxylation is 1. The smallest absolute Gasteiger partial charge is 0.254 e. The highest BCUT2D eigenvalue weighted by atomic mass is 16.5. The van der Waals surface area contributed by atoms with Gasteiger partial charge in [0.25, 0.3) is 5.91 Å². The topological polar surface area (TPSA) is 100 Å². The van der Waals surface area contributed by atoms with Gasteiger partial charge in [0, 0.05) is 61.0 Å². The fourth-order valence-corrected chi connectivity index (χ4v) is 7.34. The zero-order valence-electron chi connectivity index (χ0n) is 24.8. The van der Waals surface area contributed by atoms with Crippen molar-refractivity contribution in [3.63, 3.8) is 0 Å². The summed E-state index contributed by atoms with van der Waals surface area (Å²) in [4.78, 5) is 25.1. The molecule has 8 rings (SSSR count). The van der Waals surface area contributed by atoms with Crippen molar-refractivity contribution in [1.29, 1.82) is 0 Å². The predicted molar refractivity (Wildman–Crippen MR) is 166 cm³/mol. The first-order chi connectivity index (χ1) is 20.9. The highest BCUT2D eigenvalue weighted by molar-refractivity contribution is 6.00. The molecule has 2 aromatic carbocycles. The molecule has 3 fully saturated rings. The molecular formula is C34H36N6O3. The number of nitrogens with two attached hydrogens (primary N) is 1. The highest BCUT2D eigenvalue weighted by Gasteiger charge is 2.47. The van der Waals surface area contributed by atoms with E-state index >= 15 is 0 Å². The molecule has 0 radical (unpaired) electrons. The quantitative estimate of drug-likeness (QED) is 0.284. The summed E-state index contributed by atoms with van der Waals surface area (Å²) < 4.78 is 15.8. The van der Waals surface area contributed by atoms with Gasteiger partial charge >= 0.3 is 0 Å². The van der Waals surface area contributed by atoms with Gasteiger partial charge in [-0.25, -0.2) is 9.97 Å². The Hall–Kier alpha value is -4.37. The number of carbonyl (C=O) groups excluding carboxylic acids is 1. The van der Waals surface area contributed by atoms with E-state index in [1.54, 1.807) is 20.4 Å². The van der Waals surface area contributed by atoms with Crippen LogP contribution in [-0.4, -0.2) is 62.8 Å². The third kappa shape index (κ3) is 4.20. The van der Waals surface area contributed by atoms with Crippen LogP contribution in [-0.2, 0) is 13.6 Å². The molecule has 220 valence electrons. The highest BCUT2D eigenvalue weighted by Crippen LogP contribution is 2.41. The van der Waals surface area contributed by atoms with E-state index in [9.17, 15) is 4.79 Å². The lowest BCUT2D eigenvalue weighted by Crippen LogP contribution is -2.41. The van der Waals surface area contributed by atoms with E-state index < -0.39 is 0 Å². The van der Waals surface area contributed by atoms with Crippen molar-refractivity contribution in [2.45, 2.75) is 44.3 Å². The van der Waals surface area contributed by atoms with Crippen LogP contribution in [0.3, 0.4) is 0 Å². The maximum atomic E-state index is 13.7. The number of aromatic nitrogens is 4. The van der Waals surface area contributed by atoms with Crippen LogP contribution in [0.2, 0.25) is 0 Å². The largest absolute Gasteiger partial charge is 0.494 e. The minimum absolute atomic E-state index is 0.0122. The second-order valence-electron chi connectivity index (χ2n) is 12.4. The Kier molecular flexibility index (Phi) is 6.01. The Bertz CT molecular complexity index is 1900. The van der Waals surface area contributed by atoms with Gasteiger partial charge in [-0.3, -0.25) is 4.79 Å². The maximum Gasteiger partial charge on any atom is 0.254 e. The van der Waals surface area contributed by atoms with Gasteiger partial charge in [-0.05, 0) is 79.0 Å². The van der Waals surface area contributed by atoms with Crippen LogP contribution < -0.4 is 15.2 Å². The number of methoxy groups -OCH3 is 2. The van der Waals surface area contributed by atoms with Gasteiger partial charge in [0.2, 0.25) is 5.88 Å².